The second-order valence-corrected chi connectivity index (χ2v) is 3.40. The van der Waals surface area contributed by atoms with Gasteiger partial charge in [0.25, 0.3) is 0 Å². The number of nitrogens with two attached hydrogens (primary N) is 2. The van der Waals surface area contributed by atoms with Crippen LogP contribution in [-0.4, -0.2) is 4.98 Å². The molecule has 4 N–H and O–H groups in total. The van der Waals surface area contributed by atoms with E-state index in [1.165, 1.54) is 5.56 Å². The molecular weight excluding hydrogens is 174 g/mol. The van der Waals surface area contributed by atoms with Gasteiger partial charge >= 0.3 is 0 Å². The lowest BCUT2D eigenvalue weighted by molar-refractivity contribution is 1.05. The van der Waals surface area contributed by atoms with Gasteiger partial charge in [-0.15, -0.1) is 0 Å². The second-order valence-electron chi connectivity index (χ2n) is 3.40. The van der Waals surface area contributed by atoms with Crippen LogP contribution in [0.25, 0.3) is 10.9 Å². The Labute approximate surface area is 82.7 Å². The average Bonchev–Trinajstić information content (AvgIpc) is 2.19. The number of aryl methyl sites for hydroxylation is 1. The van der Waals surface area contributed by atoms with E-state index in [-0.39, 0.29) is 0 Å². The number of hydrogen-bond acceptors (Lipinski definition) is 3. The Hall–Kier alpha value is -1.61. The minimum absolute atomic E-state index is 0.540. The lowest BCUT2D eigenvalue weighted by Gasteiger charge is -2.06. The first kappa shape index (κ1) is 8.97. The lowest BCUT2D eigenvalue weighted by Crippen LogP contribution is -2.00. The molecule has 0 saturated carbocycles. The number of fused-ring (bicyclic) bond motifs is 1. The number of pyridine rings is 1. The fourth-order valence-electron chi connectivity index (χ4n) is 1.59. The molecule has 0 radical (unpaired) electrons. The summed E-state index contributed by atoms with van der Waals surface area (Å²) in [5.74, 6) is 0. The smallest absolute Gasteiger partial charge is 0.0726 e. The fourth-order valence-corrected chi connectivity index (χ4v) is 1.59. The van der Waals surface area contributed by atoms with E-state index in [1.54, 1.807) is 6.20 Å². The maximum absolute atomic E-state index is 5.85. The van der Waals surface area contributed by atoms with Gasteiger partial charge in [-0.2, -0.15) is 0 Å². The van der Waals surface area contributed by atoms with Crippen LogP contribution in [0.1, 0.15) is 11.1 Å². The zero-order valence-corrected chi connectivity index (χ0v) is 8.12. The van der Waals surface area contributed by atoms with Gasteiger partial charge < -0.3 is 11.5 Å². The molecule has 2 rings (SSSR count). The lowest BCUT2D eigenvalue weighted by atomic mass is 10.0. The van der Waals surface area contributed by atoms with Gasteiger partial charge in [-0.25, -0.2) is 0 Å². The van der Waals surface area contributed by atoms with Crippen molar-refractivity contribution in [2.24, 2.45) is 5.73 Å². The normalized spacial score (nSPS) is 10.7. The Morgan fingerprint density at radius 3 is 2.86 bits per heavy atom. The summed E-state index contributed by atoms with van der Waals surface area (Å²) in [4.78, 5) is 4.26. The predicted octanol–water partition coefficient (Wildman–Crippen LogP) is 1.58. The first-order valence-corrected chi connectivity index (χ1v) is 4.56. The molecule has 14 heavy (non-hydrogen) atoms. The number of nitrogen functional groups attached to an aromatic ring is 1. The van der Waals surface area contributed by atoms with Crippen LogP contribution in [0.3, 0.4) is 0 Å². The maximum Gasteiger partial charge on any atom is 0.0726 e. The summed E-state index contributed by atoms with van der Waals surface area (Å²) < 4.78 is 0. The Morgan fingerprint density at radius 2 is 2.14 bits per heavy atom. The second kappa shape index (κ2) is 3.27. The molecule has 72 valence electrons. The number of benzene rings is 1. The van der Waals surface area contributed by atoms with Gasteiger partial charge in [0.1, 0.15) is 0 Å². The van der Waals surface area contributed by atoms with Crippen molar-refractivity contribution < 1.29 is 0 Å². The molecule has 0 aliphatic rings. The van der Waals surface area contributed by atoms with Crippen molar-refractivity contribution in [2.45, 2.75) is 13.5 Å². The fraction of sp³-hybridized carbons (Fsp3) is 0.182. The van der Waals surface area contributed by atoms with Crippen molar-refractivity contribution in [1.29, 1.82) is 0 Å². The van der Waals surface area contributed by atoms with Crippen LogP contribution >= 0.6 is 0 Å². The number of nitrogens with zero attached hydrogens (tertiary/aromatic N) is 1. The molecule has 0 saturated heterocycles. The third-order valence-corrected chi connectivity index (χ3v) is 2.45. The zero-order valence-electron chi connectivity index (χ0n) is 8.12. The van der Waals surface area contributed by atoms with Crippen LogP contribution in [-0.2, 0) is 6.54 Å². The SMILES string of the molecule is Cc1cc2c(N)ccnc2cc1CN. The maximum atomic E-state index is 5.85. The van der Waals surface area contributed by atoms with E-state index >= 15 is 0 Å². The highest BCUT2D eigenvalue weighted by Crippen LogP contribution is 2.22. The molecule has 0 aliphatic carbocycles. The molecule has 3 nitrogen and oxygen atoms in total. The van der Waals surface area contributed by atoms with Gasteiger partial charge in [0.2, 0.25) is 0 Å². The van der Waals surface area contributed by atoms with E-state index < -0.39 is 0 Å². The van der Waals surface area contributed by atoms with Gasteiger partial charge in [-0.05, 0) is 36.2 Å². The van der Waals surface area contributed by atoms with Crippen molar-refractivity contribution in [3.63, 3.8) is 0 Å². The summed E-state index contributed by atoms with van der Waals surface area (Å²) in [5.41, 5.74) is 15.4. The van der Waals surface area contributed by atoms with Crippen molar-refractivity contribution in [3.8, 4) is 0 Å². The van der Waals surface area contributed by atoms with Crippen LogP contribution in [0.5, 0.6) is 0 Å². The van der Waals surface area contributed by atoms with Crippen molar-refractivity contribution in [1.82, 2.24) is 4.98 Å². The van der Waals surface area contributed by atoms with Gasteiger partial charge in [-0.3, -0.25) is 4.98 Å². The standard InChI is InChI=1S/C11H13N3/c1-7-4-9-10(13)2-3-14-11(9)5-8(7)6-12/h2-5H,6,12H2,1H3,(H2,13,14). The molecule has 0 fully saturated rings. The largest absolute Gasteiger partial charge is 0.398 e. The molecule has 2 aromatic rings. The molecule has 3 heteroatoms. The summed E-state index contributed by atoms with van der Waals surface area (Å²) in [6, 6.07) is 5.85. The summed E-state index contributed by atoms with van der Waals surface area (Å²) in [5, 5.41) is 1.00. The van der Waals surface area contributed by atoms with Gasteiger partial charge in [0, 0.05) is 23.8 Å². The first-order valence-electron chi connectivity index (χ1n) is 4.56. The molecule has 0 bridgehead atoms. The van der Waals surface area contributed by atoms with Crippen LogP contribution in [0.2, 0.25) is 0 Å². The van der Waals surface area contributed by atoms with Crippen LogP contribution < -0.4 is 11.5 Å². The highest BCUT2D eigenvalue weighted by Gasteiger charge is 2.02. The summed E-state index contributed by atoms with van der Waals surface area (Å²) in [6.07, 6.45) is 1.72. The first-order chi connectivity index (χ1) is 6.72. The van der Waals surface area contributed by atoms with E-state index in [4.69, 9.17) is 11.5 Å². The van der Waals surface area contributed by atoms with Crippen LogP contribution in [0, 0.1) is 6.92 Å². The Kier molecular flexibility index (Phi) is 2.09. The molecule has 0 unspecified atom stereocenters. The Morgan fingerprint density at radius 1 is 1.36 bits per heavy atom. The van der Waals surface area contributed by atoms with E-state index in [9.17, 15) is 0 Å². The zero-order chi connectivity index (χ0) is 10.1. The van der Waals surface area contributed by atoms with Crippen LogP contribution in [0.15, 0.2) is 24.4 Å². The average molecular weight is 187 g/mol. The monoisotopic (exact) mass is 187 g/mol. The summed E-state index contributed by atoms with van der Waals surface area (Å²) in [6.45, 7) is 2.58. The van der Waals surface area contributed by atoms with Crippen molar-refractivity contribution >= 4 is 16.6 Å². The number of anilines is 1. The predicted molar refractivity (Wildman–Crippen MR) is 58.8 cm³/mol. The number of rotatable bonds is 1. The van der Waals surface area contributed by atoms with Crippen molar-refractivity contribution in [3.05, 3.63) is 35.5 Å². The topological polar surface area (TPSA) is 64.9 Å². The Bertz CT molecular complexity index is 477. The van der Waals surface area contributed by atoms with Gasteiger partial charge in [0.15, 0.2) is 0 Å². The van der Waals surface area contributed by atoms with E-state index in [0.29, 0.717) is 6.54 Å². The number of aromatic nitrogens is 1. The molecular formula is C11H13N3. The molecule has 1 heterocycles. The third-order valence-electron chi connectivity index (χ3n) is 2.45. The van der Waals surface area contributed by atoms with Gasteiger partial charge in [-0.1, -0.05) is 0 Å². The molecule has 0 aliphatic heterocycles. The molecule has 0 spiro atoms. The van der Waals surface area contributed by atoms with E-state index in [1.807, 2.05) is 25.1 Å². The van der Waals surface area contributed by atoms with E-state index in [0.717, 1.165) is 22.2 Å². The minimum atomic E-state index is 0.540. The highest BCUT2D eigenvalue weighted by molar-refractivity contribution is 5.90. The quantitative estimate of drug-likeness (QED) is 0.712. The van der Waals surface area contributed by atoms with Gasteiger partial charge in [0.05, 0.1) is 5.52 Å². The number of hydrogen-bond donors (Lipinski definition) is 2. The minimum Gasteiger partial charge on any atom is -0.398 e. The van der Waals surface area contributed by atoms with E-state index in [2.05, 4.69) is 4.98 Å². The summed E-state index contributed by atoms with van der Waals surface area (Å²) >= 11 is 0. The molecule has 0 atom stereocenters. The summed E-state index contributed by atoms with van der Waals surface area (Å²) in [7, 11) is 0. The Balaban J connectivity index is 2.79. The molecule has 1 aromatic heterocycles. The molecule has 1 aromatic carbocycles. The highest BCUT2D eigenvalue weighted by atomic mass is 14.7. The van der Waals surface area contributed by atoms with Crippen molar-refractivity contribution in [2.75, 3.05) is 5.73 Å². The third kappa shape index (κ3) is 1.32. The van der Waals surface area contributed by atoms with Crippen LogP contribution in [0.4, 0.5) is 5.69 Å². The molecule has 0 amide bonds.